The summed E-state index contributed by atoms with van der Waals surface area (Å²) in [5.41, 5.74) is 1.68. The molecule has 5 heteroatoms. The fourth-order valence-corrected chi connectivity index (χ4v) is 2.57. The average Bonchev–Trinajstić information content (AvgIpc) is 2.48. The molecular weight excluding hydrogens is 340 g/mol. The van der Waals surface area contributed by atoms with Crippen molar-refractivity contribution in [2.45, 2.75) is 13.0 Å². The summed E-state index contributed by atoms with van der Waals surface area (Å²) in [4.78, 5) is 0. The molecule has 2 aromatic carbocycles. The number of rotatable bonds is 5. The van der Waals surface area contributed by atoms with Crippen LogP contribution in [0.2, 0.25) is 0 Å². The van der Waals surface area contributed by atoms with Gasteiger partial charge in [0.2, 0.25) is 0 Å². The fraction of sp³-hybridized carbons (Fsp3) is 0.250. The summed E-state index contributed by atoms with van der Waals surface area (Å²) in [5.74, 6) is -0.225. The molecule has 0 aliphatic heterocycles. The molecule has 1 unspecified atom stereocenters. The largest absolute Gasteiger partial charge is 0.496 e. The second-order valence-corrected chi connectivity index (χ2v) is 5.40. The van der Waals surface area contributed by atoms with Crippen LogP contribution in [0, 0.1) is 11.6 Å². The van der Waals surface area contributed by atoms with Gasteiger partial charge in [0, 0.05) is 11.6 Å². The van der Waals surface area contributed by atoms with Gasteiger partial charge < -0.3 is 10.1 Å². The van der Waals surface area contributed by atoms with E-state index in [9.17, 15) is 8.78 Å². The van der Waals surface area contributed by atoms with Crippen LogP contribution in [-0.2, 0) is 0 Å². The van der Waals surface area contributed by atoms with Crippen LogP contribution in [0.5, 0.6) is 5.75 Å². The third-order valence-electron chi connectivity index (χ3n) is 3.20. The standard InChI is InChI=1S/C16H16BrF2NO/c1-3-20-16(10-4-6-11(18)7-5-10)12-8-13(17)14(19)9-15(12)21-2/h4-9,16,20H,3H2,1-2H3. The molecule has 1 atom stereocenters. The van der Waals surface area contributed by atoms with E-state index in [1.165, 1.54) is 25.3 Å². The summed E-state index contributed by atoms with van der Waals surface area (Å²) in [6, 6.07) is 9.05. The fourth-order valence-electron chi connectivity index (χ4n) is 2.21. The second kappa shape index (κ2) is 7.00. The van der Waals surface area contributed by atoms with Crippen LogP contribution in [0.4, 0.5) is 8.78 Å². The van der Waals surface area contributed by atoms with Gasteiger partial charge in [-0.15, -0.1) is 0 Å². The van der Waals surface area contributed by atoms with Gasteiger partial charge in [-0.05, 0) is 46.2 Å². The van der Waals surface area contributed by atoms with E-state index < -0.39 is 0 Å². The molecule has 112 valence electrons. The zero-order valence-electron chi connectivity index (χ0n) is 11.8. The Hall–Kier alpha value is -1.46. The van der Waals surface area contributed by atoms with Crippen molar-refractivity contribution in [3.05, 3.63) is 63.6 Å². The van der Waals surface area contributed by atoms with Gasteiger partial charge in [0.15, 0.2) is 0 Å². The number of halogens is 3. The average molecular weight is 356 g/mol. The molecule has 2 nitrogen and oxygen atoms in total. The lowest BCUT2D eigenvalue weighted by molar-refractivity contribution is 0.400. The maximum atomic E-state index is 13.7. The lowest BCUT2D eigenvalue weighted by atomic mass is 9.97. The number of ether oxygens (including phenoxy) is 1. The monoisotopic (exact) mass is 355 g/mol. The third kappa shape index (κ3) is 3.60. The van der Waals surface area contributed by atoms with Crippen molar-refractivity contribution in [1.82, 2.24) is 5.32 Å². The molecule has 0 saturated carbocycles. The first-order valence-corrected chi connectivity index (χ1v) is 7.38. The third-order valence-corrected chi connectivity index (χ3v) is 3.80. The molecule has 2 aromatic rings. The number of hydrogen-bond acceptors (Lipinski definition) is 2. The van der Waals surface area contributed by atoms with Crippen molar-refractivity contribution in [2.75, 3.05) is 13.7 Å². The molecular formula is C16H16BrF2NO. The molecule has 2 rings (SSSR count). The molecule has 0 fully saturated rings. The second-order valence-electron chi connectivity index (χ2n) is 4.55. The summed E-state index contributed by atoms with van der Waals surface area (Å²) < 4.78 is 32.4. The smallest absolute Gasteiger partial charge is 0.141 e. The summed E-state index contributed by atoms with van der Waals surface area (Å²) in [6.07, 6.45) is 0. The number of methoxy groups -OCH3 is 1. The van der Waals surface area contributed by atoms with Gasteiger partial charge in [-0.3, -0.25) is 0 Å². The Morgan fingerprint density at radius 3 is 2.43 bits per heavy atom. The lowest BCUT2D eigenvalue weighted by Crippen LogP contribution is -2.22. The van der Waals surface area contributed by atoms with Crippen molar-refractivity contribution < 1.29 is 13.5 Å². The maximum Gasteiger partial charge on any atom is 0.141 e. The van der Waals surface area contributed by atoms with Crippen LogP contribution in [0.15, 0.2) is 40.9 Å². The van der Waals surface area contributed by atoms with Crippen LogP contribution < -0.4 is 10.1 Å². The van der Waals surface area contributed by atoms with E-state index in [0.29, 0.717) is 16.8 Å². The minimum Gasteiger partial charge on any atom is -0.496 e. The summed E-state index contributed by atoms with van der Waals surface area (Å²) >= 11 is 3.19. The van der Waals surface area contributed by atoms with Crippen molar-refractivity contribution in [3.63, 3.8) is 0 Å². The Morgan fingerprint density at radius 2 is 1.86 bits per heavy atom. The number of benzene rings is 2. The number of hydrogen-bond donors (Lipinski definition) is 1. The topological polar surface area (TPSA) is 21.3 Å². The predicted molar refractivity (Wildman–Crippen MR) is 82.6 cm³/mol. The molecule has 0 heterocycles. The Morgan fingerprint density at radius 1 is 1.19 bits per heavy atom. The van der Waals surface area contributed by atoms with Crippen LogP contribution >= 0.6 is 15.9 Å². The van der Waals surface area contributed by atoms with Crippen LogP contribution in [0.1, 0.15) is 24.1 Å². The zero-order valence-corrected chi connectivity index (χ0v) is 13.4. The Labute approximate surface area is 131 Å². The summed E-state index contributed by atoms with van der Waals surface area (Å²) in [6.45, 7) is 2.68. The van der Waals surface area contributed by atoms with Gasteiger partial charge in [0.1, 0.15) is 17.4 Å². The van der Waals surface area contributed by atoms with Crippen molar-refractivity contribution >= 4 is 15.9 Å². The van der Waals surface area contributed by atoms with Gasteiger partial charge in [-0.1, -0.05) is 19.1 Å². The molecule has 0 aliphatic rings. The number of nitrogens with one attached hydrogen (secondary N) is 1. The normalized spacial score (nSPS) is 12.2. The quantitative estimate of drug-likeness (QED) is 0.856. The predicted octanol–water partition coefficient (Wildman–Crippen LogP) is 4.43. The van der Waals surface area contributed by atoms with Crippen LogP contribution in [0.25, 0.3) is 0 Å². The van der Waals surface area contributed by atoms with E-state index in [2.05, 4.69) is 21.2 Å². The van der Waals surface area contributed by atoms with Gasteiger partial charge in [0.05, 0.1) is 17.6 Å². The molecule has 0 spiro atoms. The molecule has 0 bridgehead atoms. The molecule has 1 N–H and O–H groups in total. The minimum absolute atomic E-state index is 0.206. The van der Waals surface area contributed by atoms with Gasteiger partial charge in [-0.2, -0.15) is 0 Å². The van der Waals surface area contributed by atoms with E-state index in [1.807, 2.05) is 6.92 Å². The lowest BCUT2D eigenvalue weighted by Gasteiger charge is -2.22. The molecule has 0 radical (unpaired) electrons. The minimum atomic E-state index is -0.384. The SMILES string of the molecule is CCNC(c1ccc(F)cc1)c1cc(Br)c(F)cc1OC. The van der Waals surface area contributed by atoms with E-state index in [4.69, 9.17) is 4.74 Å². The summed E-state index contributed by atoms with van der Waals surface area (Å²) in [7, 11) is 1.50. The molecule has 0 amide bonds. The van der Waals surface area contributed by atoms with E-state index in [1.54, 1.807) is 18.2 Å². The van der Waals surface area contributed by atoms with E-state index >= 15 is 0 Å². The zero-order chi connectivity index (χ0) is 15.4. The first kappa shape index (κ1) is 15.9. The van der Waals surface area contributed by atoms with E-state index in [0.717, 1.165) is 11.1 Å². The van der Waals surface area contributed by atoms with Crippen molar-refractivity contribution in [3.8, 4) is 5.75 Å². The van der Waals surface area contributed by atoms with Gasteiger partial charge in [0.25, 0.3) is 0 Å². The first-order valence-electron chi connectivity index (χ1n) is 6.58. The highest BCUT2D eigenvalue weighted by atomic mass is 79.9. The van der Waals surface area contributed by atoms with Gasteiger partial charge >= 0.3 is 0 Å². The molecule has 0 aromatic heterocycles. The van der Waals surface area contributed by atoms with Gasteiger partial charge in [-0.25, -0.2) is 8.78 Å². The molecule has 0 saturated heterocycles. The summed E-state index contributed by atoms with van der Waals surface area (Å²) in [5, 5.41) is 3.31. The maximum absolute atomic E-state index is 13.7. The van der Waals surface area contributed by atoms with Crippen molar-refractivity contribution in [2.24, 2.45) is 0 Å². The van der Waals surface area contributed by atoms with Crippen LogP contribution in [-0.4, -0.2) is 13.7 Å². The molecule has 21 heavy (non-hydrogen) atoms. The highest BCUT2D eigenvalue weighted by Gasteiger charge is 2.19. The van der Waals surface area contributed by atoms with Crippen molar-refractivity contribution in [1.29, 1.82) is 0 Å². The highest BCUT2D eigenvalue weighted by molar-refractivity contribution is 9.10. The first-order chi connectivity index (χ1) is 10.1. The Bertz CT molecular complexity index is 616. The van der Waals surface area contributed by atoms with E-state index in [-0.39, 0.29) is 17.7 Å². The molecule has 0 aliphatic carbocycles. The highest BCUT2D eigenvalue weighted by Crippen LogP contribution is 2.34. The Kier molecular flexibility index (Phi) is 5.31. The van der Waals surface area contributed by atoms with Crippen LogP contribution in [0.3, 0.4) is 0 Å². The Balaban J connectivity index is 2.51.